The average molecular weight is 569 g/mol. The van der Waals surface area contributed by atoms with E-state index in [1.807, 2.05) is 6.07 Å². The van der Waals surface area contributed by atoms with Crippen LogP contribution in [0.5, 0.6) is 0 Å². The van der Waals surface area contributed by atoms with E-state index < -0.39 is 33.0 Å². The summed E-state index contributed by atoms with van der Waals surface area (Å²) in [7, 11) is 0. The van der Waals surface area contributed by atoms with E-state index in [1.165, 1.54) is 17.5 Å². The number of fused-ring (bicyclic) bond motifs is 1. The number of rotatable bonds is 4. The fourth-order valence-electron chi connectivity index (χ4n) is 2.46. The fourth-order valence-corrected chi connectivity index (χ4v) is 3.36. The molecule has 0 bridgehead atoms. The molecule has 0 fully saturated rings. The van der Waals surface area contributed by atoms with Crippen molar-refractivity contribution in [2.45, 2.75) is 5.60 Å². The Balaban J connectivity index is 0.000000465. The van der Waals surface area contributed by atoms with Gasteiger partial charge in [-0.05, 0) is 11.6 Å². The molecule has 0 aliphatic heterocycles. The monoisotopic (exact) mass is 570 g/mol. The van der Waals surface area contributed by atoms with Gasteiger partial charge in [0, 0.05) is 23.3 Å². The quantitative estimate of drug-likeness (QED) is 0.422. The van der Waals surface area contributed by atoms with Gasteiger partial charge in [-0.25, -0.2) is 0 Å². The Kier molecular flexibility index (Phi) is 6.23. The number of amides is 1. The van der Waals surface area contributed by atoms with Gasteiger partial charge in [-0.3, -0.25) is 9.78 Å². The molecule has 11 heteroatoms. The summed E-state index contributed by atoms with van der Waals surface area (Å²) in [6.45, 7) is -0.500. The van der Waals surface area contributed by atoms with Crippen LogP contribution in [0.1, 0.15) is 20.8 Å². The summed E-state index contributed by atoms with van der Waals surface area (Å²) < 4.78 is 35.3. The van der Waals surface area contributed by atoms with Crippen molar-refractivity contribution in [3.63, 3.8) is 0 Å². The van der Waals surface area contributed by atoms with Gasteiger partial charge in [0.15, 0.2) is 0 Å². The molecule has 1 unspecified atom stereocenters. The van der Waals surface area contributed by atoms with E-state index in [0.717, 1.165) is 4.70 Å². The Labute approximate surface area is 159 Å². The molecular weight excluding hydrogens is 554 g/mol. The number of nitrogens with zero attached hydrogens (tertiary/aromatic N) is 1. The SMILES string of the molecule is NC(=O)c1cc2c(C(O)(CO)c3ccccc3)cncc2s1.[O]=[Os](=[O])(=[O])=[O]. The number of aliphatic hydroxyl groups excluding tert-OH is 1. The molecule has 0 radical (unpaired) electrons. The van der Waals surface area contributed by atoms with E-state index in [-0.39, 0.29) is 0 Å². The Morgan fingerprint density at radius 2 is 1.74 bits per heavy atom. The molecule has 0 saturated carbocycles. The van der Waals surface area contributed by atoms with E-state index >= 15 is 0 Å². The molecule has 2 heterocycles. The number of hydrogen-bond acceptors (Lipinski definition) is 9. The minimum absolute atomic E-state index is 0.387. The first-order valence-corrected chi connectivity index (χ1v) is 12.2. The van der Waals surface area contributed by atoms with Crippen LogP contribution in [0.2, 0.25) is 0 Å². The zero-order valence-electron chi connectivity index (χ0n) is 13.5. The second-order valence-electron chi connectivity index (χ2n) is 5.31. The molecule has 1 atom stereocenters. The molecule has 1 amide bonds. The van der Waals surface area contributed by atoms with Crippen molar-refractivity contribution in [1.29, 1.82) is 0 Å². The van der Waals surface area contributed by atoms with Gasteiger partial charge in [0.2, 0.25) is 0 Å². The van der Waals surface area contributed by atoms with Gasteiger partial charge in [0.05, 0.1) is 16.2 Å². The van der Waals surface area contributed by atoms with Crippen molar-refractivity contribution in [2.75, 3.05) is 6.61 Å². The van der Waals surface area contributed by atoms with E-state index in [9.17, 15) is 15.0 Å². The molecule has 2 aromatic heterocycles. The number of aliphatic hydroxyl groups is 2. The summed E-state index contributed by atoms with van der Waals surface area (Å²) >= 11 is -4.84. The topological polar surface area (TPSA) is 165 Å². The summed E-state index contributed by atoms with van der Waals surface area (Å²) in [4.78, 5) is 15.9. The van der Waals surface area contributed by atoms with Gasteiger partial charge in [-0.1, -0.05) is 30.3 Å². The van der Waals surface area contributed by atoms with Gasteiger partial charge in [-0.15, -0.1) is 11.3 Å². The Morgan fingerprint density at radius 3 is 2.26 bits per heavy atom. The number of carbonyl (C=O) groups is 1. The van der Waals surface area contributed by atoms with Crippen LogP contribution in [0.25, 0.3) is 10.1 Å². The first-order valence-electron chi connectivity index (χ1n) is 7.20. The Hall–Kier alpha value is -2.44. The van der Waals surface area contributed by atoms with E-state index in [4.69, 9.17) is 19.9 Å². The molecule has 9 nitrogen and oxygen atoms in total. The summed E-state index contributed by atoms with van der Waals surface area (Å²) in [5.74, 6) is -0.528. The van der Waals surface area contributed by atoms with Crippen molar-refractivity contribution >= 4 is 27.3 Å². The molecule has 4 N–H and O–H groups in total. The van der Waals surface area contributed by atoms with Gasteiger partial charge in [0.1, 0.15) is 5.60 Å². The molecule has 27 heavy (non-hydrogen) atoms. The predicted octanol–water partition coefficient (Wildman–Crippen LogP) is 1.15. The van der Waals surface area contributed by atoms with Gasteiger partial charge in [-0.2, -0.15) is 0 Å². The van der Waals surface area contributed by atoms with Crippen LogP contribution in [0.4, 0.5) is 0 Å². The number of hydrogen-bond donors (Lipinski definition) is 3. The molecule has 144 valence electrons. The zero-order valence-corrected chi connectivity index (χ0v) is 16.9. The molecule has 1 aromatic carbocycles. The molecule has 0 aliphatic rings. The summed E-state index contributed by atoms with van der Waals surface area (Å²) in [5, 5.41) is 21.5. The van der Waals surface area contributed by atoms with Crippen molar-refractivity contribution in [1.82, 2.24) is 4.98 Å². The third kappa shape index (κ3) is 5.05. The van der Waals surface area contributed by atoms with Crippen molar-refractivity contribution in [3.05, 3.63) is 64.8 Å². The van der Waals surface area contributed by atoms with E-state index in [1.54, 1.807) is 36.5 Å². The molecule has 3 aromatic rings. The number of thiophene rings is 1. The van der Waals surface area contributed by atoms with Crippen LogP contribution in [0.15, 0.2) is 48.8 Å². The van der Waals surface area contributed by atoms with Crippen LogP contribution in [-0.4, -0.2) is 27.7 Å². The van der Waals surface area contributed by atoms with Crippen LogP contribution in [-0.2, 0) is 34.6 Å². The fraction of sp³-hybridized carbons (Fsp3) is 0.125. The average Bonchev–Trinajstić information content (AvgIpc) is 3.05. The predicted molar refractivity (Wildman–Crippen MR) is 87.4 cm³/mol. The zero-order chi connectivity index (χ0) is 20.2. The van der Waals surface area contributed by atoms with Crippen LogP contribution in [0, 0.1) is 0 Å². The molecule has 0 saturated heterocycles. The van der Waals surface area contributed by atoms with E-state index in [2.05, 4.69) is 4.98 Å². The van der Waals surface area contributed by atoms with Crippen LogP contribution in [0.3, 0.4) is 0 Å². The van der Waals surface area contributed by atoms with Crippen LogP contribution < -0.4 is 5.73 Å². The first kappa shape index (κ1) is 20.9. The number of primary amides is 1. The maximum atomic E-state index is 11.4. The summed E-state index contributed by atoms with van der Waals surface area (Å²) in [5.41, 5.74) is 4.73. The third-order valence-corrected chi connectivity index (χ3v) is 4.70. The molecule has 3 rings (SSSR count). The summed E-state index contributed by atoms with van der Waals surface area (Å²) in [6, 6.07) is 10.5. The number of carbonyl (C=O) groups excluding carboxylic acids is 1. The second kappa shape index (κ2) is 8.06. The normalized spacial score (nSPS) is 13.4. The van der Waals surface area contributed by atoms with E-state index in [0.29, 0.717) is 21.4 Å². The third-order valence-electron chi connectivity index (χ3n) is 3.61. The Bertz CT molecular complexity index is 1170. The van der Waals surface area contributed by atoms with Gasteiger partial charge >= 0.3 is 29.0 Å². The van der Waals surface area contributed by atoms with Crippen LogP contribution >= 0.6 is 11.3 Å². The molecular formula is C16H14N2O7OsS. The number of pyridine rings is 1. The second-order valence-corrected chi connectivity index (χ2v) is 8.94. The minimum atomic E-state index is -6.06. The van der Waals surface area contributed by atoms with Crippen molar-refractivity contribution in [3.8, 4) is 0 Å². The molecule has 0 aliphatic carbocycles. The molecule has 0 spiro atoms. The van der Waals surface area contributed by atoms with Crippen molar-refractivity contribution in [2.24, 2.45) is 5.73 Å². The number of benzene rings is 1. The Morgan fingerprint density at radius 1 is 1.15 bits per heavy atom. The number of aromatic nitrogens is 1. The van der Waals surface area contributed by atoms with Crippen molar-refractivity contribution < 1.29 is 44.0 Å². The number of nitrogens with two attached hydrogens (primary N) is 1. The maximum absolute atomic E-state index is 11.4. The van der Waals surface area contributed by atoms with Gasteiger partial charge in [0.25, 0.3) is 5.91 Å². The standard InChI is InChI=1S/C16H14N2O3S.4O.Os/c17-15(20)13-6-11-12(7-18-8-14(11)22-13)16(21,9-19)10-4-2-1-3-5-10;;;;;/h1-8,19,21H,9H2,(H2,17,20);;;;;. The first-order chi connectivity index (χ1) is 12.6. The van der Waals surface area contributed by atoms with Gasteiger partial charge < -0.3 is 15.9 Å². The summed E-state index contributed by atoms with van der Waals surface area (Å²) in [6.07, 6.45) is 3.11.